The Morgan fingerprint density at radius 1 is 1.11 bits per heavy atom. The summed E-state index contributed by atoms with van der Waals surface area (Å²) in [5, 5.41) is 0.567. The van der Waals surface area contributed by atoms with Gasteiger partial charge in [-0.05, 0) is 24.5 Å². The van der Waals surface area contributed by atoms with Crippen molar-refractivity contribution in [3.8, 4) is 0 Å². The summed E-state index contributed by atoms with van der Waals surface area (Å²) in [5.74, 6) is 0. The van der Waals surface area contributed by atoms with Crippen molar-refractivity contribution in [3.05, 3.63) is 52.3 Å². The van der Waals surface area contributed by atoms with E-state index in [1.807, 2.05) is 6.20 Å². The second kappa shape index (κ2) is 6.62. The van der Waals surface area contributed by atoms with Gasteiger partial charge in [-0.15, -0.1) is 0 Å². The molecule has 19 heavy (non-hydrogen) atoms. The molecule has 100 valence electrons. The summed E-state index contributed by atoms with van der Waals surface area (Å²) in [5.41, 5.74) is 4.30. The first-order valence-electron chi connectivity index (χ1n) is 6.66. The molecule has 0 saturated heterocycles. The Balaban J connectivity index is 2.24. The second-order valence-electron chi connectivity index (χ2n) is 4.53. The van der Waals surface area contributed by atoms with Crippen LogP contribution in [0.3, 0.4) is 0 Å². The molecule has 0 spiro atoms. The second-order valence-corrected chi connectivity index (χ2v) is 4.89. The fraction of sp³-hybridized carbons (Fsp3) is 0.400. The van der Waals surface area contributed by atoms with Crippen molar-refractivity contribution in [2.45, 2.75) is 39.5 Å². The van der Waals surface area contributed by atoms with Gasteiger partial charge >= 0.3 is 0 Å². The van der Waals surface area contributed by atoms with Gasteiger partial charge < -0.3 is 0 Å². The molecule has 0 bridgehead atoms. The Morgan fingerprint density at radius 3 is 2.58 bits per heavy atom. The molecule has 3 nitrogen and oxygen atoms in total. The number of pyridine rings is 1. The Bertz CT molecular complexity index is 538. The van der Waals surface area contributed by atoms with Crippen LogP contribution in [0, 0.1) is 0 Å². The molecule has 0 radical (unpaired) electrons. The molecular weight excluding hydrogens is 258 g/mol. The van der Waals surface area contributed by atoms with Crippen molar-refractivity contribution in [2.75, 3.05) is 0 Å². The van der Waals surface area contributed by atoms with Crippen LogP contribution in [0.5, 0.6) is 0 Å². The average molecular weight is 276 g/mol. The Hall–Kier alpha value is -1.48. The van der Waals surface area contributed by atoms with Gasteiger partial charge in [0.15, 0.2) is 0 Å². The summed E-state index contributed by atoms with van der Waals surface area (Å²) in [4.78, 5) is 12.9. The molecule has 0 unspecified atom stereocenters. The van der Waals surface area contributed by atoms with Crippen LogP contribution < -0.4 is 0 Å². The smallest absolute Gasteiger partial charge is 0.135 e. The van der Waals surface area contributed by atoms with E-state index < -0.39 is 0 Å². The highest BCUT2D eigenvalue weighted by atomic mass is 35.5. The Morgan fingerprint density at radius 2 is 1.95 bits per heavy atom. The lowest BCUT2D eigenvalue weighted by Gasteiger charge is -2.08. The van der Waals surface area contributed by atoms with Gasteiger partial charge in [-0.2, -0.15) is 0 Å². The lowest BCUT2D eigenvalue weighted by molar-refractivity contribution is 0.859. The summed E-state index contributed by atoms with van der Waals surface area (Å²) in [6.45, 7) is 4.25. The van der Waals surface area contributed by atoms with E-state index in [1.165, 1.54) is 11.9 Å². The van der Waals surface area contributed by atoms with Gasteiger partial charge in [0.1, 0.15) is 11.5 Å². The van der Waals surface area contributed by atoms with Gasteiger partial charge in [-0.3, -0.25) is 4.98 Å². The number of nitrogens with zero attached hydrogens (tertiary/aromatic N) is 3. The Labute approximate surface area is 119 Å². The number of hydrogen-bond donors (Lipinski definition) is 0. The fourth-order valence-electron chi connectivity index (χ4n) is 2.01. The molecule has 0 N–H and O–H groups in total. The zero-order valence-electron chi connectivity index (χ0n) is 11.4. The van der Waals surface area contributed by atoms with E-state index in [2.05, 4.69) is 40.9 Å². The van der Waals surface area contributed by atoms with Crippen LogP contribution in [0.2, 0.25) is 5.15 Å². The van der Waals surface area contributed by atoms with Crippen LogP contribution in [0.15, 0.2) is 24.7 Å². The normalized spacial score (nSPS) is 10.7. The summed E-state index contributed by atoms with van der Waals surface area (Å²) >= 11 is 6.15. The molecular formula is C15H18ClN3. The molecule has 2 aromatic rings. The van der Waals surface area contributed by atoms with Crippen molar-refractivity contribution in [3.63, 3.8) is 0 Å². The molecule has 0 aliphatic carbocycles. The first kappa shape index (κ1) is 13.9. The van der Waals surface area contributed by atoms with Crippen molar-refractivity contribution in [1.29, 1.82) is 0 Å². The monoisotopic (exact) mass is 275 g/mol. The molecule has 2 heterocycles. The Kier molecular flexibility index (Phi) is 4.86. The van der Waals surface area contributed by atoms with Crippen LogP contribution in [0.1, 0.15) is 42.8 Å². The van der Waals surface area contributed by atoms with Gasteiger partial charge in [0, 0.05) is 23.9 Å². The molecule has 2 rings (SSSR count). The lowest BCUT2D eigenvalue weighted by Crippen LogP contribution is -2.03. The quantitative estimate of drug-likeness (QED) is 0.782. The third-order valence-corrected chi connectivity index (χ3v) is 3.45. The third kappa shape index (κ3) is 3.51. The first-order chi connectivity index (χ1) is 9.24. The van der Waals surface area contributed by atoms with Crippen molar-refractivity contribution in [1.82, 2.24) is 15.0 Å². The van der Waals surface area contributed by atoms with Crippen molar-refractivity contribution in [2.24, 2.45) is 0 Å². The number of rotatable bonds is 5. The molecule has 0 fully saturated rings. The van der Waals surface area contributed by atoms with Gasteiger partial charge in [-0.25, -0.2) is 9.97 Å². The molecule has 2 aromatic heterocycles. The minimum absolute atomic E-state index is 0.567. The zero-order chi connectivity index (χ0) is 13.7. The van der Waals surface area contributed by atoms with Crippen molar-refractivity contribution >= 4 is 11.6 Å². The van der Waals surface area contributed by atoms with Crippen molar-refractivity contribution < 1.29 is 0 Å². The maximum Gasteiger partial charge on any atom is 0.135 e. The zero-order valence-corrected chi connectivity index (χ0v) is 12.1. The summed E-state index contributed by atoms with van der Waals surface area (Å²) < 4.78 is 0. The predicted octanol–water partition coefficient (Wildman–Crippen LogP) is 3.63. The van der Waals surface area contributed by atoms with E-state index in [9.17, 15) is 0 Å². The molecule has 0 atom stereocenters. The van der Waals surface area contributed by atoms with Gasteiger partial charge in [-0.1, -0.05) is 37.9 Å². The number of hydrogen-bond acceptors (Lipinski definition) is 3. The van der Waals surface area contributed by atoms with Crippen LogP contribution >= 0.6 is 11.6 Å². The lowest BCUT2D eigenvalue weighted by atomic mass is 10.1. The molecule has 0 aromatic carbocycles. The standard InChI is InChI=1S/C15H18ClN3/c1-3-5-13-14(18-10-19-15(13)16)8-12-7-6-11(4-2)9-17-12/h6-7,9-10H,3-5,8H2,1-2H3. The topological polar surface area (TPSA) is 38.7 Å². The molecule has 0 saturated carbocycles. The van der Waals surface area contributed by atoms with Crippen LogP contribution in [-0.4, -0.2) is 15.0 Å². The summed E-state index contributed by atoms with van der Waals surface area (Å²) in [7, 11) is 0. The van der Waals surface area contributed by atoms with Crippen LogP contribution in [0.25, 0.3) is 0 Å². The highest BCUT2D eigenvalue weighted by molar-refractivity contribution is 6.30. The molecule has 0 aliphatic heterocycles. The van der Waals surface area contributed by atoms with Crippen LogP contribution in [-0.2, 0) is 19.3 Å². The van der Waals surface area contributed by atoms with E-state index in [4.69, 9.17) is 11.6 Å². The summed E-state index contributed by atoms with van der Waals surface area (Å²) in [6, 6.07) is 4.18. The largest absolute Gasteiger partial charge is 0.261 e. The SMILES string of the molecule is CCCc1c(Cl)ncnc1Cc1ccc(CC)cn1. The maximum absolute atomic E-state index is 6.15. The highest BCUT2D eigenvalue weighted by Gasteiger charge is 2.10. The highest BCUT2D eigenvalue weighted by Crippen LogP contribution is 2.19. The maximum atomic E-state index is 6.15. The predicted molar refractivity (Wildman–Crippen MR) is 77.5 cm³/mol. The number of aromatic nitrogens is 3. The molecule has 0 aliphatic rings. The van der Waals surface area contributed by atoms with Gasteiger partial charge in [0.25, 0.3) is 0 Å². The molecule has 4 heteroatoms. The number of halogens is 1. The minimum Gasteiger partial charge on any atom is -0.261 e. The van der Waals surface area contributed by atoms with E-state index in [0.29, 0.717) is 11.6 Å². The van der Waals surface area contributed by atoms with Crippen LogP contribution in [0.4, 0.5) is 0 Å². The number of aryl methyl sites for hydroxylation is 1. The van der Waals surface area contributed by atoms with E-state index in [-0.39, 0.29) is 0 Å². The summed E-state index contributed by atoms with van der Waals surface area (Å²) in [6.07, 6.45) is 7.11. The average Bonchev–Trinajstić information content (AvgIpc) is 2.43. The first-order valence-corrected chi connectivity index (χ1v) is 7.04. The third-order valence-electron chi connectivity index (χ3n) is 3.12. The molecule has 0 amide bonds. The minimum atomic E-state index is 0.567. The van der Waals surface area contributed by atoms with Gasteiger partial charge in [0.05, 0.1) is 5.69 Å². The fourth-order valence-corrected chi connectivity index (χ4v) is 2.26. The van der Waals surface area contributed by atoms with E-state index in [0.717, 1.165) is 36.2 Å². The van der Waals surface area contributed by atoms with E-state index >= 15 is 0 Å². The van der Waals surface area contributed by atoms with Gasteiger partial charge in [0.2, 0.25) is 0 Å². The van der Waals surface area contributed by atoms with E-state index in [1.54, 1.807) is 0 Å².